The Balaban J connectivity index is 0.00000512. The fourth-order valence-corrected chi connectivity index (χ4v) is 2.61. The molecule has 8 heteroatoms. The van der Waals surface area contributed by atoms with Crippen LogP contribution in [0.3, 0.4) is 0 Å². The number of nitrogens with zero attached hydrogens (tertiary/aromatic N) is 2. The van der Waals surface area contributed by atoms with Crippen LogP contribution in [0.5, 0.6) is 0 Å². The smallest absolute Gasteiger partial charge is 0.241 e. The van der Waals surface area contributed by atoms with Gasteiger partial charge in [0.05, 0.1) is 32.9 Å². The van der Waals surface area contributed by atoms with E-state index in [-0.39, 0.29) is 36.4 Å². The van der Waals surface area contributed by atoms with E-state index >= 15 is 0 Å². The molecule has 0 bridgehead atoms. The Kier molecular flexibility index (Phi) is 15.1. The number of benzene rings is 2. The maximum absolute atomic E-state index is 11.9. The van der Waals surface area contributed by atoms with Crippen LogP contribution < -0.4 is 10.6 Å². The van der Waals surface area contributed by atoms with Crippen LogP contribution in [0.15, 0.2) is 65.7 Å². The molecule has 2 rings (SSSR count). The minimum absolute atomic E-state index is 0. The van der Waals surface area contributed by atoms with Crippen molar-refractivity contribution in [2.45, 2.75) is 19.6 Å². The molecule has 0 aliphatic carbocycles. The second-order valence-corrected chi connectivity index (χ2v) is 7.22. The number of guanidine groups is 1. The quantitative estimate of drug-likeness (QED) is 0.172. The number of halogens is 1. The number of carbonyl (C=O) groups is 1. The zero-order valence-corrected chi connectivity index (χ0v) is 21.3. The number of nitrogens with one attached hydrogen (secondary N) is 2. The molecule has 0 atom stereocenters. The number of hydrogen-bond donors (Lipinski definition) is 2. The van der Waals surface area contributed by atoms with E-state index in [4.69, 9.17) is 9.47 Å². The van der Waals surface area contributed by atoms with E-state index in [9.17, 15) is 4.79 Å². The highest BCUT2D eigenvalue weighted by Gasteiger charge is 2.05. The minimum atomic E-state index is -0.00644. The van der Waals surface area contributed by atoms with Gasteiger partial charge < -0.3 is 25.0 Å². The average Bonchev–Trinajstić information content (AvgIpc) is 2.80. The number of likely N-dealkylation sites (N-methyl/N-ethyl adjacent to an activating group) is 1. The van der Waals surface area contributed by atoms with Gasteiger partial charge in [0.15, 0.2) is 5.96 Å². The molecule has 176 valence electrons. The first kappa shape index (κ1) is 27.9. The van der Waals surface area contributed by atoms with Gasteiger partial charge in [-0.2, -0.15) is 0 Å². The summed E-state index contributed by atoms with van der Waals surface area (Å²) in [6.07, 6.45) is 0.826. The van der Waals surface area contributed by atoms with Crippen LogP contribution in [-0.2, 0) is 27.4 Å². The average molecular weight is 554 g/mol. The minimum Gasteiger partial charge on any atom is -0.379 e. The van der Waals surface area contributed by atoms with Crippen molar-refractivity contribution in [3.8, 4) is 0 Å². The second kappa shape index (κ2) is 17.4. The largest absolute Gasteiger partial charge is 0.379 e. The molecule has 1 amide bonds. The van der Waals surface area contributed by atoms with Crippen molar-refractivity contribution in [2.24, 2.45) is 4.99 Å². The molecule has 0 aliphatic rings. The van der Waals surface area contributed by atoms with E-state index in [0.717, 1.165) is 17.5 Å². The zero-order valence-electron chi connectivity index (χ0n) is 19.0. The summed E-state index contributed by atoms with van der Waals surface area (Å²) in [6, 6.07) is 20.1. The Bertz CT molecular complexity index is 773. The summed E-state index contributed by atoms with van der Waals surface area (Å²) in [5, 5.41) is 6.36. The zero-order chi connectivity index (χ0) is 22.2. The summed E-state index contributed by atoms with van der Waals surface area (Å²) in [6.45, 7) is 3.80. The first-order chi connectivity index (χ1) is 15.1. The summed E-state index contributed by atoms with van der Waals surface area (Å²) in [5.74, 6) is 0.610. The Labute approximate surface area is 208 Å². The van der Waals surface area contributed by atoms with Crippen molar-refractivity contribution in [1.82, 2.24) is 15.5 Å². The lowest BCUT2D eigenvalue weighted by molar-refractivity contribution is -0.127. The predicted molar refractivity (Wildman–Crippen MR) is 139 cm³/mol. The SMILES string of the molecule is CN(C)C(=O)CNC(=NCc1ccccc1)NCCCOCCOCc1ccccc1.I. The Morgan fingerprint density at radius 3 is 2.16 bits per heavy atom. The maximum Gasteiger partial charge on any atom is 0.241 e. The van der Waals surface area contributed by atoms with Gasteiger partial charge in [0.1, 0.15) is 0 Å². The van der Waals surface area contributed by atoms with Gasteiger partial charge in [-0.1, -0.05) is 60.7 Å². The lowest BCUT2D eigenvalue weighted by Gasteiger charge is -2.15. The highest BCUT2D eigenvalue weighted by Crippen LogP contribution is 2.01. The molecule has 0 unspecified atom stereocenters. The van der Waals surface area contributed by atoms with E-state index in [1.165, 1.54) is 0 Å². The highest BCUT2D eigenvalue weighted by molar-refractivity contribution is 14.0. The fourth-order valence-electron chi connectivity index (χ4n) is 2.61. The molecule has 2 aromatic carbocycles. The van der Waals surface area contributed by atoms with Crippen LogP contribution in [0.2, 0.25) is 0 Å². The van der Waals surface area contributed by atoms with Gasteiger partial charge in [-0.05, 0) is 17.5 Å². The molecule has 7 nitrogen and oxygen atoms in total. The van der Waals surface area contributed by atoms with Gasteiger partial charge in [-0.15, -0.1) is 24.0 Å². The fraction of sp³-hybridized carbons (Fsp3) is 0.417. The summed E-state index contributed by atoms with van der Waals surface area (Å²) in [4.78, 5) is 18.0. The van der Waals surface area contributed by atoms with Gasteiger partial charge >= 0.3 is 0 Å². The lowest BCUT2D eigenvalue weighted by atomic mass is 10.2. The Morgan fingerprint density at radius 1 is 0.875 bits per heavy atom. The number of amides is 1. The number of rotatable bonds is 13. The summed E-state index contributed by atoms with van der Waals surface area (Å²) < 4.78 is 11.2. The van der Waals surface area contributed by atoms with E-state index < -0.39 is 0 Å². The van der Waals surface area contributed by atoms with E-state index in [1.54, 1.807) is 19.0 Å². The van der Waals surface area contributed by atoms with Crippen molar-refractivity contribution in [1.29, 1.82) is 0 Å². The maximum atomic E-state index is 11.9. The molecule has 0 heterocycles. The molecule has 0 spiro atoms. The van der Waals surface area contributed by atoms with Crippen molar-refractivity contribution in [2.75, 3.05) is 47.0 Å². The first-order valence-corrected chi connectivity index (χ1v) is 10.6. The van der Waals surface area contributed by atoms with Gasteiger partial charge in [0, 0.05) is 27.2 Å². The van der Waals surface area contributed by atoms with Gasteiger partial charge in [-0.3, -0.25) is 4.79 Å². The number of carbonyl (C=O) groups excluding carboxylic acids is 1. The second-order valence-electron chi connectivity index (χ2n) is 7.22. The number of ether oxygens (including phenoxy) is 2. The van der Waals surface area contributed by atoms with Crippen LogP contribution in [0, 0.1) is 0 Å². The first-order valence-electron chi connectivity index (χ1n) is 10.6. The third kappa shape index (κ3) is 12.6. The summed E-state index contributed by atoms with van der Waals surface area (Å²) in [7, 11) is 3.47. The number of hydrogen-bond acceptors (Lipinski definition) is 4. The van der Waals surface area contributed by atoms with E-state index in [0.29, 0.717) is 45.5 Å². The normalized spacial score (nSPS) is 10.9. The van der Waals surface area contributed by atoms with Crippen LogP contribution in [-0.4, -0.2) is 63.8 Å². The molecular formula is C24H35IN4O3. The van der Waals surface area contributed by atoms with Crippen LogP contribution >= 0.6 is 24.0 Å². The molecule has 0 radical (unpaired) electrons. The van der Waals surface area contributed by atoms with Gasteiger partial charge in [0.2, 0.25) is 5.91 Å². The molecule has 32 heavy (non-hydrogen) atoms. The predicted octanol–water partition coefficient (Wildman–Crippen LogP) is 3.05. The summed E-state index contributed by atoms with van der Waals surface area (Å²) in [5.41, 5.74) is 2.27. The molecule has 0 saturated carbocycles. The molecule has 0 aromatic heterocycles. The standard InChI is InChI=1S/C24H34N4O3.HI/c1-28(2)23(29)19-27-24(26-18-21-10-5-3-6-11-21)25-14-9-15-30-16-17-31-20-22-12-7-4-8-13-22;/h3-8,10-13H,9,14-20H2,1-2H3,(H2,25,26,27);1H. The Morgan fingerprint density at radius 2 is 1.50 bits per heavy atom. The van der Waals surface area contributed by atoms with E-state index in [2.05, 4.69) is 15.6 Å². The van der Waals surface area contributed by atoms with Crippen molar-refractivity contribution < 1.29 is 14.3 Å². The van der Waals surface area contributed by atoms with Crippen molar-refractivity contribution in [3.05, 3.63) is 71.8 Å². The van der Waals surface area contributed by atoms with Gasteiger partial charge in [-0.25, -0.2) is 4.99 Å². The van der Waals surface area contributed by atoms with Crippen LogP contribution in [0.25, 0.3) is 0 Å². The molecule has 0 saturated heterocycles. The molecular weight excluding hydrogens is 519 g/mol. The highest BCUT2D eigenvalue weighted by atomic mass is 127. The third-order valence-corrected chi connectivity index (χ3v) is 4.41. The molecule has 0 aliphatic heterocycles. The molecule has 2 N–H and O–H groups in total. The topological polar surface area (TPSA) is 75.2 Å². The van der Waals surface area contributed by atoms with Crippen LogP contribution in [0.1, 0.15) is 17.5 Å². The lowest BCUT2D eigenvalue weighted by Crippen LogP contribution is -2.43. The van der Waals surface area contributed by atoms with E-state index in [1.807, 2.05) is 60.7 Å². The summed E-state index contributed by atoms with van der Waals surface area (Å²) >= 11 is 0. The third-order valence-electron chi connectivity index (χ3n) is 4.41. The monoisotopic (exact) mass is 554 g/mol. The Hall–Kier alpha value is -2.17. The molecule has 2 aromatic rings. The molecule has 0 fully saturated rings. The van der Waals surface area contributed by atoms with Crippen molar-refractivity contribution >= 4 is 35.8 Å². The number of aliphatic imine (C=N–C) groups is 1. The van der Waals surface area contributed by atoms with Gasteiger partial charge in [0.25, 0.3) is 0 Å². The van der Waals surface area contributed by atoms with Crippen molar-refractivity contribution in [3.63, 3.8) is 0 Å². The van der Waals surface area contributed by atoms with Crippen LogP contribution in [0.4, 0.5) is 0 Å².